The molecule has 29 heavy (non-hydrogen) atoms. The predicted molar refractivity (Wildman–Crippen MR) is 113 cm³/mol. The predicted octanol–water partition coefficient (Wildman–Crippen LogP) is 5.43. The molecule has 1 aromatic carbocycles. The summed E-state index contributed by atoms with van der Waals surface area (Å²) < 4.78 is 28.4. The molecule has 1 aliphatic carbocycles. The van der Waals surface area contributed by atoms with Crippen molar-refractivity contribution in [3.05, 3.63) is 51.9 Å². The highest BCUT2D eigenvalue weighted by Crippen LogP contribution is 2.36. The number of thiol groups is 1. The molecule has 8 heteroatoms. The van der Waals surface area contributed by atoms with E-state index in [1.165, 1.54) is 16.8 Å². The fourth-order valence-corrected chi connectivity index (χ4v) is 4.35. The van der Waals surface area contributed by atoms with Gasteiger partial charge in [0.05, 0.1) is 5.56 Å². The quantitative estimate of drug-likeness (QED) is 0.557. The molecule has 0 spiro atoms. The number of fused-ring (bicyclic) bond motifs is 1. The number of nitrogens with zero attached hydrogens (tertiary/aromatic N) is 3. The normalized spacial score (nSPS) is 19.2. The lowest BCUT2D eigenvalue weighted by Gasteiger charge is -2.22. The molecule has 1 saturated carbocycles. The Balaban J connectivity index is 1.86. The molecule has 2 aromatic heterocycles. The molecule has 2 heterocycles. The summed E-state index contributed by atoms with van der Waals surface area (Å²) in [6.07, 6.45) is 1.36. The first-order valence-corrected chi connectivity index (χ1v) is 10.1. The second kappa shape index (κ2) is 7.74. The molecule has 152 valence electrons. The molecule has 1 fully saturated rings. The second-order valence-electron chi connectivity index (χ2n) is 7.65. The molecule has 2 atom stereocenters. The standard InChI is InChI=1S/C21H22F2N4OS/c1-11-4-3-5-17(11)27-19-13(9-15(18(22)23)20(27)28)10-24-21(26-19)25-16-7-6-14(29)8-12(16)2/h6-11,17-18,29H,3-5H2,1-2H3,(H,24,25,26). The van der Waals surface area contributed by atoms with Crippen molar-refractivity contribution in [1.29, 1.82) is 0 Å². The van der Waals surface area contributed by atoms with Crippen LogP contribution in [0.25, 0.3) is 11.0 Å². The lowest BCUT2D eigenvalue weighted by Crippen LogP contribution is -2.30. The van der Waals surface area contributed by atoms with E-state index in [2.05, 4.69) is 27.9 Å². The number of benzene rings is 1. The number of pyridine rings is 1. The number of anilines is 2. The SMILES string of the molecule is Cc1cc(S)ccc1Nc1ncc2cc(C(F)F)c(=O)n(C3CCCC3C)c2n1. The fourth-order valence-electron chi connectivity index (χ4n) is 4.08. The van der Waals surface area contributed by atoms with Crippen LogP contribution in [0.1, 0.15) is 49.8 Å². The molecule has 0 saturated heterocycles. The van der Waals surface area contributed by atoms with Gasteiger partial charge in [0.1, 0.15) is 5.65 Å². The van der Waals surface area contributed by atoms with E-state index < -0.39 is 17.5 Å². The average molecular weight is 416 g/mol. The van der Waals surface area contributed by atoms with Gasteiger partial charge in [0.25, 0.3) is 12.0 Å². The number of alkyl halides is 2. The summed E-state index contributed by atoms with van der Waals surface area (Å²) in [4.78, 5) is 22.6. The number of hydrogen-bond donors (Lipinski definition) is 2. The topological polar surface area (TPSA) is 59.8 Å². The molecule has 2 unspecified atom stereocenters. The van der Waals surface area contributed by atoms with Crippen molar-refractivity contribution >= 4 is 35.3 Å². The van der Waals surface area contributed by atoms with Crippen molar-refractivity contribution in [2.45, 2.75) is 50.5 Å². The maximum Gasteiger partial charge on any atom is 0.269 e. The van der Waals surface area contributed by atoms with Crippen molar-refractivity contribution < 1.29 is 8.78 Å². The van der Waals surface area contributed by atoms with Crippen LogP contribution in [0, 0.1) is 12.8 Å². The zero-order valence-electron chi connectivity index (χ0n) is 16.2. The second-order valence-corrected chi connectivity index (χ2v) is 8.16. The number of nitrogens with one attached hydrogen (secondary N) is 1. The third-order valence-electron chi connectivity index (χ3n) is 5.64. The van der Waals surface area contributed by atoms with Crippen molar-refractivity contribution in [3.63, 3.8) is 0 Å². The van der Waals surface area contributed by atoms with Gasteiger partial charge in [-0.15, -0.1) is 12.6 Å². The number of halogens is 2. The minimum Gasteiger partial charge on any atom is -0.324 e. The number of aromatic nitrogens is 3. The number of hydrogen-bond acceptors (Lipinski definition) is 5. The van der Waals surface area contributed by atoms with Gasteiger partial charge in [-0.3, -0.25) is 9.36 Å². The summed E-state index contributed by atoms with van der Waals surface area (Å²) in [5.41, 5.74) is 1.01. The molecule has 1 N–H and O–H groups in total. The Bertz CT molecular complexity index is 1130. The van der Waals surface area contributed by atoms with Crippen LogP contribution in [0.15, 0.2) is 40.2 Å². The van der Waals surface area contributed by atoms with E-state index in [-0.39, 0.29) is 12.0 Å². The van der Waals surface area contributed by atoms with Crippen LogP contribution in [-0.4, -0.2) is 14.5 Å². The number of aryl methyl sites for hydroxylation is 1. The smallest absolute Gasteiger partial charge is 0.269 e. The highest BCUT2D eigenvalue weighted by Gasteiger charge is 2.29. The van der Waals surface area contributed by atoms with Gasteiger partial charge in [-0.05, 0) is 55.5 Å². The van der Waals surface area contributed by atoms with E-state index in [4.69, 9.17) is 0 Å². The number of rotatable bonds is 4. The summed E-state index contributed by atoms with van der Waals surface area (Å²) >= 11 is 4.33. The fraction of sp³-hybridized carbons (Fsp3) is 0.381. The van der Waals surface area contributed by atoms with Gasteiger partial charge in [0, 0.05) is 28.2 Å². The molecular weight excluding hydrogens is 394 g/mol. The zero-order chi connectivity index (χ0) is 20.7. The summed E-state index contributed by atoms with van der Waals surface area (Å²) in [7, 11) is 0. The molecule has 5 nitrogen and oxygen atoms in total. The van der Waals surface area contributed by atoms with Gasteiger partial charge < -0.3 is 5.32 Å². The van der Waals surface area contributed by atoms with Crippen LogP contribution in [0.2, 0.25) is 0 Å². The third kappa shape index (κ3) is 3.73. The maximum atomic E-state index is 13.5. The molecular formula is C21H22F2N4OS. The summed E-state index contributed by atoms with van der Waals surface area (Å²) in [6, 6.07) is 6.71. The van der Waals surface area contributed by atoms with E-state index in [1.807, 2.05) is 32.0 Å². The molecule has 1 aliphatic rings. The lowest BCUT2D eigenvalue weighted by atomic mass is 10.1. The van der Waals surface area contributed by atoms with E-state index in [0.717, 1.165) is 35.4 Å². The van der Waals surface area contributed by atoms with Gasteiger partial charge in [0.15, 0.2) is 0 Å². The van der Waals surface area contributed by atoms with E-state index >= 15 is 0 Å². The first-order valence-electron chi connectivity index (χ1n) is 9.62. The van der Waals surface area contributed by atoms with E-state index in [1.54, 1.807) is 0 Å². The van der Waals surface area contributed by atoms with Crippen molar-refractivity contribution in [2.24, 2.45) is 5.92 Å². The first-order chi connectivity index (χ1) is 13.8. The average Bonchev–Trinajstić information content (AvgIpc) is 3.09. The Labute approximate surface area is 172 Å². The van der Waals surface area contributed by atoms with Crippen molar-refractivity contribution in [3.8, 4) is 0 Å². The van der Waals surface area contributed by atoms with Gasteiger partial charge >= 0.3 is 0 Å². The minimum absolute atomic E-state index is 0.142. The van der Waals surface area contributed by atoms with Gasteiger partial charge in [-0.2, -0.15) is 4.98 Å². The monoisotopic (exact) mass is 416 g/mol. The molecule has 0 aliphatic heterocycles. The van der Waals surface area contributed by atoms with Crippen LogP contribution in [0.3, 0.4) is 0 Å². The molecule has 0 bridgehead atoms. The molecule has 0 amide bonds. The van der Waals surface area contributed by atoms with Gasteiger partial charge in [-0.1, -0.05) is 13.3 Å². The molecule has 3 aromatic rings. The van der Waals surface area contributed by atoms with Gasteiger partial charge in [0.2, 0.25) is 5.95 Å². The van der Waals surface area contributed by atoms with Crippen LogP contribution in [0.4, 0.5) is 20.4 Å². The van der Waals surface area contributed by atoms with Crippen LogP contribution in [-0.2, 0) is 0 Å². The lowest BCUT2D eigenvalue weighted by molar-refractivity contribution is 0.148. The molecule has 4 rings (SSSR count). The van der Waals surface area contributed by atoms with E-state index in [9.17, 15) is 13.6 Å². The maximum absolute atomic E-state index is 13.5. The van der Waals surface area contributed by atoms with Crippen molar-refractivity contribution in [1.82, 2.24) is 14.5 Å². The van der Waals surface area contributed by atoms with Crippen molar-refractivity contribution in [2.75, 3.05) is 5.32 Å². The summed E-state index contributed by atoms with van der Waals surface area (Å²) in [5.74, 6) is 0.538. The summed E-state index contributed by atoms with van der Waals surface area (Å²) in [5, 5.41) is 3.59. The Morgan fingerprint density at radius 1 is 1.28 bits per heavy atom. The highest BCUT2D eigenvalue weighted by atomic mass is 32.1. The van der Waals surface area contributed by atoms with Crippen LogP contribution in [0.5, 0.6) is 0 Å². The highest BCUT2D eigenvalue weighted by molar-refractivity contribution is 7.80. The van der Waals surface area contributed by atoms with E-state index in [0.29, 0.717) is 17.0 Å². The Morgan fingerprint density at radius 2 is 2.07 bits per heavy atom. The largest absolute Gasteiger partial charge is 0.324 e. The zero-order valence-corrected chi connectivity index (χ0v) is 17.1. The minimum atomic E-state index is -2.84. The Morgan fingerprint density at radius 3 is 2.72 bits per heavy atom. The molecule has 0 radical (unpaired) electrons. The van der Waals surface area contributed by atoms with Gasteiger partial charge in [-0.25, -0.2) is 13.8 Å². The van der Waals surface area contributed by atoms with Crippen LogP contribution < -0.4 is 10.9 Å². The first kappa shape index (κ1) is 19.8. The van der Waals surface area contributed by atoms with Crippen LogP contribution >= 0.6 is 12.6 Å². The third-order valence-corrected chi connectivity index (χ3v) is 5.92. The Hall–Kier alpha value is -2.48. The summed E-state index contributed by atoms with van der Waals surface area (Å²) in [6.45, 7) is 3.99. The Kier molecular flexibility index (Phi) is 5.29.